The van der Waals surface area contributed by atoms with Gasteiger partial charge in [-0.05, 0) is 24.3 Å². The van der Waals surface area contributed by atoms with Crippen LogP contribution in [-0.2, 0) is 10.0 Å². The van der Waals surface area contributed by atoms with E-state index >= 15 is 0 Å². The Labute approximate surface area is 111 Å². The lowest BCUT2D eigenvalue weighted by molar-refractivity contribution is 0.0698. The highest BCUT2D eigenvalue weighted by atomic mass is 32.2. The number of sulfonamides is 1. The summed E-state index contributed by atoms with van der Waals surface area (Å²) in [5, 5.41) is 10.5. The van der Waals surface area contributed by atoms with Gasteiger partial charge in [0.25, 0.3) is 0 Å². The van der Waals surface area contributed by atoms with Crippen LogP contribution in [0.15, 0.2) is 10.3 Å². The highest BCUT2D eigenvalue weighted by Crippen LogP contribution is 2.26. The summed E-state index contributed by atoms with van der Waals surface area (Å²) in [4.78, 5) is 10.7. The SMILES string of the molecule is CCCCCNS(=O)(=O)c1c(C)csc1C(=O)O. The Hall–Kier alpha value is -0.920. The van der Waals surface area contributed by atoms with E-state index in [2.05, 4.69) is 4.72 Å². The van der Waals surface area contributed by atoms with Crippen LogP contribution >= 0.6 is 11.3 Å². The van der Waals surface area contributed by atoms with Crippen LogP contribution in [-0.4, -0.2) is 26.0 Å². The maximum atomic E-state index is 12.0. The zero-order chi connectivity index (χ0) is 13.8. The molecule has 0 saturated heterocycles. The number of carbonyl (C=O) groups is 1. The van der Waals surface area contributed by atoms with Crippen LogP contribution in [0.25, 0.3) is 0 Å². The fourth-order valence-corrected chi connectivity index (χ4v) is 4.27. The van der Waals surface area contributed by atoms with Gasteiger partial charge in [0.05, 0.1) is 0 Å². The van der Waals surface area contributed by atoms with Gasteiger partial charge < -0.3 is 5.11 Å². The van der Waals surface area contributed by atoms with E-state index in [-0.39, 0.29) is 9.77 Å². The molecule has 0 spiro atoms. The van der Waals surface area contributed by atoms with Crippen LogP contribution in [0.2, 0.25) is 0 Å². The fraction of sp³-hybridized carbons (Fsp3) is 0.545. The van der Waals surface area contributed by atoms with Gasteiger partial charge in [-0.1, -0.05) is 19.8 Å². The second-order valence-corrected chi connectivity index (χ2v) is 6.57. The summed E-state index contributed by atoms with van der Waals surface area (Å²) in [6.45, 7) is 3.97. The fourth-order valence-electron chi connectivity index (χ4n) is 1.57. The van der Waals surface area contributed by atoms with Crippen LogP contribution in [0, 0.1) is 6.92 Å². The summed E-state index contributed by atoms with van der Waals surface area (Å²) in [6.07, 6.45) is 2.69. The van der Waals surface area contributed by atoms with E-state index < -0.39 is 16.0 Å². The number of hydrogen-bond acceptors (Lipinski definition) is 4. The molecular weight excluding hydrogens is 274 g/mol. The van der Waals surface area contributed by atoms with Gasteiger partial charge in [-0.25, -0.2) is 17.9 Å². The van der Waals surface area contributed by atoms with Crippen molar-refractivity contribution in [2.75, 3.05) is 6.54 Å². The van der Waals surface area contributed by atoms with E-state index in [0.717, 1.165) is 30.6 Å². The number of aromatic carboxylic acids is 1. The first-order valence-electron chi connectivity index (χ1n) is 5.71. The molecule has 0 aromatic carbocycles. The Bertz CT molecular complexity index is 519. The van der Waals surface area contributed by atoms with E-state index in [0.29, 0.717) is 12.1 Å². The number of aryl methyl sites for hydroxylation is 1. The normalized spacial score (nSPS) is 11.7. The van der Waals surface area contributed by atoms with Gasteiger partial charge in [-0.2, -0.15) is 0 Å². The Morgan fingerprint density at radius 3 is 2.67 bits per heavy atom. The first-order chi connectivity index (χ1) is 8.40. The lowest BCUT2D eigenvalue weighted by atomic mass is 10.3. The van der Waals surface area contributed by atoms with E-state index in [1.807, 2.05) is 6.92 Å². The molecule has 0 saturated carbocycles. The van der Waals surface area contributed by atoms with Crippen molar-refractivity contribution in [1.82, 2.24) is 4.72 Å². The molecule has 0 amide bonds. The van der Waals surface area contributed by atoms with Crippen molar-refractivity contribution in [3.63, 3.8) is 0 Å². The van der Waals surface area contributed by atoms with Crippen LogP contribution < -0.4 is 4.72 Å². The van der Waals surface area contributed by atoms with E-state index in [4.69, 9.17) is 5.11 Å². The third-order valence-electron chi connectivity index (χ3n) is 2.45. The molecule has 1 aromatic heterocycles. The number of hydrogen-bond donors (Lipinski definition) is 2. The second kappa shape index (κ2) is 6.31. The van der Waals surface area contributed by atoms with Gasteiger partial charge in [0.1, 0.15) is 9.77 Å². The summed E-state index contributed by atoms with van der Waals surface area (Å²) >= 11 is 0.936. The summed E-state index contributed by atoms with van der Waals surface area (Å²) in [5.41, 5.74) is 0.473. The summed E-state index contributed by atoms with van der Waals surface area (Å²) in [5.74, 6) is -1.21. The minimum atomic E-state index is -3.72. The summed E-state index contributed by atoms with van der Waals surface area (Å²) < 4.78 is 26.5. The Balaban J connectivity index is 2.91. The molecule has 0 radical (unpaired) electrons. The van der Waals surface area contributed by atoms with Crippen molar-refractivity contribution in [3.05, 3.63) is 15.8 Å². The van der Waals surface area contributed by atoms with Crippen molar-refractivity contribution in [2.24, 2.45) is 0 Å². The van der Waals surface area contributed by atoms with Crippen molar-refractivity contribution in [2.45, 2.75) is 38.0 Å². The van der Waals surface area contributed by atoms with Gasteiger partial charge in [0.15, 0.2) is 0 Å². The largest absolute Gasteiger partial charge is 0.477 e. The molecule has 18 heavy (non-hydrogen) atoms. The number of thiophene rings is 1. The molecule has 0 aliphatic carbocycles. The van der Waals surface area contributed by atoms with Gasteiger partial charge in [0, 0.05) is 6.54 Å². The molecule has 1 aromatic rings. The first-order valence-corrected chi connectivity index (χ1v) is 8.07. The molecule has 0 fully saturated rings. The average molecular weight is 291 g/mol. The zero-order valence-electron chi connectivity index (χ0n) is 10.4. The van der Waals surface area contributed by atoms with Gasteiger partial charge >= 0.3 is 5.97 Å². The summed E-state index contributed by atoms with van der Waals surface area (Å²) in [6, 6.07) is 0. The van der Waals surface area contributed by atoms with E-state index in [9.17, 15) is 13.2 Å². The molecule has 0 atom stereocenters. The topological polar surface area (TPSA) is 83.5 Å². The Morgan fingerprint density at radius 1 is 1.44 bits per heavy atom. The Morgan fingerprint density at radius 2 is 2.11 bits per heavy atom. The molecule has 0 aliphatic heterocycles. The van der Waals surface area contributed by atoms with Gasteiger partial charge in [-0.15, -0.1) is 11.3 Å². The van der Waals surface area contributed by atoms with Gasteiger partial charge in [-0.3, -0.25) is 0 Å². The average Bonchev–Trinajstić information content (AvgIpc) is 2.67. The number of unbranched alkanes of at least 4 members (excludes halogenated alkanes) is 2. The van der Waals surface area contributed by atoms with Crippen LogP contribution in [0.5, 0.6) is 0 Å². The highest BCUT2D eigenvalue weighted by molar-refractivity contribution is 7.89. The molecule has 1 heterocycles. The van der Waals surface area contributed by atoms with E-state index in [1.54, 1.807) is 12.3 Å². The van der Waals surface area contributed by atoms with Crippen LogP contribution in [0.4, 0.5) is 0 Å². The number of nitrogens with one attached hydrogen (secondary N) is 1. The molecule has 0 unspecified atom stereocenters. The second-order valence-electron chi connectivity index (χ2n) is 3.99. The van der Waals surface area contributed by atoms with E-state index in [1.165, 1.54) is 0 Å². The first kappa shape index (κ1) is 15.1. The predicted octanol–water partition coefficient (Wildman–Crippen LogP) is 2.22. The third kappa shape index (κ3) is 3.54. The predicted molar refractivity (Wildman–Crippen MR) is 70.7 cm³/mol. The van der Waals surface area contributed by atoms with Crippen molar-refractivity contribution in [3.8, 4) is 0 Å². The molecule has 0 aliphatic rings. The monoisotopic (exact) mass is 291 g/mol. The minimum Gasteiger partial charge on any atom is -0.477 e. The van der Waals surface area contributed by atoms with Crippen LogP contribution in [0.1, 0.15) is 41.4 Å². The molecule has 102 valence electrons. The maximum absolute atomic E-state index is 12.0. The molecular formula is C11H17NO4S2. The quantitative estimate of drug-likeness (QED) is 0.755. The smallest absolute Gasteiger partial charge is 0.347 e. The molecule has 5 nitrogen and oxygen atoms in total. The van der Waals surface area contributed by atoms with Crippen LogP contribution in [0.3, 0.4) is 0 Å². The molecule has 0 bridgehead atoms. The van der Waals surface area contributed by atoms with Crippen molar-refractivity contribution < 1.29 is 18.3 Å². The van der Waals surface area contributed by atoms with Crippen molar-refractivity contribution in [1.29, 1.82) is 0 Å². The lowest BCUT2D eigenvalue weighted by Gasteiger charge is -2.07. The summed E-state index contributed by atoms with van der Waals surface area (Å²) in [7, 11) is -3.72. The minimum absolute atomic E-state index is 0.100. The molecule has 1 rings (SSSR count). The molecule has 7 heteroatoms. The lowest BCUT2D eigenvalue weighted by Crippen LogP contribution is -2.26. The van der Waals surface area contributed by atoms with Gasteiger partial charge in [0.2, 0.25) is 10.0 Å². The maximum Gasteiger partial charge on any atom is 0.347 e. The Kier molecular flexibility index (Phi) is 5.30. The third-order valence-corrected chi connectivity index (χ3v) is 5.32. The number of rotatable bonds is 7. The molecule has 2 N–H and O–H groups in total. The number of carboxylic acid groups (broad SMARTS) is 1. The highest BCUT2D eigenvalue weighted by Gasteiger charge is 2.26. The number of carboxylic acids is 1. The zero-order valence-corrected chi connectivity index (χ0v) is 12.0. The standard InChI is InChI=1S/C11H17NO4S2/c1-3-4-5-6-12-18(15,16)10-8(2)7-17-9(10)11(13)14/h7,12H,3-6H2,1-2H3,(H,13,14). The van der Waals surface area contributed by atoms with Crippen molar-refractivity contribution >= 4 is 27.3 Å².